The second kappa shape index (κ2) is 10.6. The van der Waals surface area contributed by atoms with E-state index in [1.54, 1.807) is 41.1 Å². The Morgan fingerprint density at radius 1 is 1.18 bits per heavy atom. The molecule has 2 aromatic rings. The van der Waals surface area contributed by atoms with Crippen molar-refractivity contribution in [3.63, 3.8) is 0 Å². The summed E-state index contributed by atoms with van der Waals surface area (Å²) in [7, 11) is 3.16. The number of nitrogens with zero attached hydrogens (tertiary/aromatic N) is 3. The summed E-state index contributed by atoms with van der Waals surface area (Å²) in [5, 5.41) is 3.12. The van der Waals surface area contributed by atoms with Crippen LogP contribution < -0.4 is 25.2 Å². The Hall–Kier alpha value is -3.27. The summed E-state index contributed by atoms with van der Waals surface area (Å²) in [6.07, 6.45) is 1.49. The number of benzene rings is 1. The van der Waals surface area contributed by atoms with Crippen LogP contribution in [0.2, 0.25) is 0 Å². The van der Waals surface area contributed by atoms with Gasteiger partial charge in [0.15, 0.2) is 0 Å². The van der Waals surface area contributed by atoms with Crippen molar-refractivity contribution in [1.82, 2.24) is 9.55 Å². The third-order valence-corrected chi connectivity index (χ3v) is 4.99. The molecule has 0 saturated carbocycles. The summed E-state index contributed by atoms with van der Waals surface area (Å²) in [4.78, 5) is 32.3. The summed E-state index contributed by atoms with van der Waals surface area (Å²) in [5.74, 6) is 1.22. The van der Waals surface area contributed by atoms with Crippen LogP contribution in [0.3, 0.4) is 0 Å². The molecule has 3 rings (SSSR count). The van der Waals surface area contributed by atoms with Gasteiger partial charge in [-0.25, -0.2) is 4.98 Å². The average Bonchev–Trinajstić information content (AvgIpc) is 2.78. The van der Waals surface area contributed by atoms with Gasteiger partial charge in [-0.2, -0.15) is 0 Å². The first kappa shape index (κ1) is 24.4. The predicted octanol–water partition coefficient (Wildman–Crippen LogP) is 2.05. The highest BCUT2D eigenvalue weighted by Gasteiger charge is 2.23. The Morgan fingerprint density at radius 3 is 2.55 bits per heavy atom. The molecular weight excluding hydrogens is 428 g/mol. The number of carbonyl (C=O) groups is 1. The van der Waals surface area contributed by atoms with E-state index in [2.05, 4.69) is 10.3 Å². The number of nitrogens with one attached hydrogen (secondary N) is 1. The van der Waals surface area contributed by atoms with Gasteiger partial charge in [0.25, 0.3) is 5.56 Å². The number of morpholine rings is 1. The summed E-state index contributed by atoms with van der Waals surface area (Å²) < 4.78 is 22.9. The molecule has 10 heteroatoms. The van der Waals surface area contributed by atoms with Gasteiger partial charge in [-0.3, -0.25) is 14.2 Å². The SMILES string of the molecule is COc1ccc(CNc2cnc(N3CCOCC3)n(CC(=O)OC(C)(C)C)c2=O)c(OC)c1. The van der Waals surface area contributed by atoms with Crippen molar-refractivity contribution in [2.24, 2.45) is 0 Å². The summed E-state index contributed by atoms with van der Waals surface area (Å²) in [6, 6.07) is 5.46. The van der Waals surface area contributed by atoms with Crippen molar-refractivity contribution in [3.8, 4) is 11.5 Å². The van der Waals surface area contributed by atoms with E-state index < -0.39 is 11.6 Å². The Bertz CT molecular complexity index is 1020. The van der Waals surface area contributed by atoms with Gasteiger partial charge in [0.05, 0.1) is 33.6 Å². The monoisotopic (exact) mass is 460 g/mol. The molecule has 0 atom stereocenters. The number of rotatable bonds is 8. The van der Waals surface area contributed by atoms with Crippen LogP contribution in [0.5, 0.6) is 11.5 Å². The van der Waals surface area contributed by atoms with Crippen molar-refractivity contribution in [1.29, 1.82) is 0 Å². The van der Waals surface area contributed by atoms with Crippen LogP contribution in [0.15, 0.2) is 29.2 Å². The first-order chi connectivity index (χ1) is 15.7. The third-order valence-electron chi connectivity index (χ3n) is 4.99. The standard InChI is InChI=1S/C23H32N4O6/c1-23(2,3)33-20(28)15-27-21(29)18(14-25-22(27)26-8-10-32-11-9-26)24-13-16-6-7-17(30-4)12-19(16)31-5/h6-7,12,14,24H,8-11,13,15H2,1-5H3. The molecule has 0 radical (unpaired) electrons. The minimum absolute atomic E-state index is 0.239. The maximum atomic E-state index is 13.4. The fourth-order valence-electron chi connectivity index (χ4n) is 3.45. The van der Waals surface area contributed by atoms with Gasteiger partial charge in [0.2, 0.25) is 5.95 Å². The zero-order valence-corrected chi connectivity index (χ0v) is 19.8. The Balaban J connectivity index is 1.88. The molecular formula is C23H32N4O6. The molecule has 0 unspecified atom stereocenters. The largest absolute Gasteiger partial charge is 0.497 e. The summed E-state index contributed by atoms with van der Waals surface area (Å²) in [5.41, 5.74) is 0.0977. The summed E-state index contributed by atoms with van der Waals surface area (Å²) >= 11 is 0. The van der Waals surface area contributed by atoms with Gasteiger partial charge in [-0.15, -0.1) is 0 Å². The number of hydrogen-bond acceptors (Lipinski definition) is 9. The number of methoxy groups -OCH3 is 2. The van der Waals surface area contributed by atoms with E-state index in [4.69, 9.17) is 18.9 Å². The normalized spacial score (nSPS) is 14.0. The van der Waals surface area contributed by atoms with E-state index in [0.29, 0.717) is 50.3 Å². The van der Waals surface area contributed by atoms with Gasteiger partial charge >= 0.3 is 5.97 Å². The lowest BCUT2D eigenvalue weighted by Gasteiger charge is -2.30. The molecule has 1 saturated heterocycles. The topological polar surface area (TPSA) is 104 Å². The molecule has 1 aromatic heterocycles. The average molecular weight is 461 g/mol. The lowest BCUT2D eigenvalue weighted by atomic mass is 10.2. The lowest BCUT2D eigenvalue weighted by Crippen LogP contribution is -2.42. The van der Waals surface area contributed by atoms with Crippen molar-refractivity contribution in [2.75, 3.05) is 50.7 Å². The van der Waals surface area contributed by atoms with E-state index in [1.807, 2.05) is 17.0 Å². The van der Waals surface area contributed by atoms with E-state index in [1.165, 1.54) is 10.8 Å². The minimum atomic E-state index is -0.659. The summed E-state index contributed by atoms with van der Waals surface area (Å²) in [6.45, 7) is 7.66. The molecule has 1 N–H and O–H groups in total. The number of anilines is 2. The van der Waals surface area contributed by atoms with Crippen LogP contribution in [0, 0.1) is 0 Å². The highest BCUT2D eigenvalue weighted by Crippen LogP contribution is 2.25. The zero-order valence-electron chi connectivity index (χ0n) is 19.8. The predicted molar refractivity (Wildman–Crippen MR) is 124 cm³/mol. The molecule has 1 aromatic carbocycles. The zero-order chi connectivity index (χ0) is 24.0. The Kier molecular flexibility index (Phi) is 7.80. The van der Waals surface area contributed by atoms with Gasteiger partial charge < -0.3 is 29.2 Å². The van der Waals surface area contributed by atoms with E-state index in [0.717, 1.165) is 5.56 Å². The molecule has 1 aliphatic heterocycles. The Morgan fingerprint density at radius 2 is 1.91 bits per heavy atom. The van der Waals surface area contributed by atoms with Crippen molar-refractivity contribution in [2.45, 2.75) is 39.5 Å². The van der Waals surface area contributed by atoms with E-state index in [-0.39, 0.29) is 17.8 Å². The van der Waals surface area contributed by atoms with Crippen LogP contribution >= 0.6 is 0 Å². The van der Waals surface area contributed by atoms with Crippen LogP contribution in [-0.4, -0.2) is 61.6 Å². The minimum Gasteiger partial charge on any atom is -0.497 e. The Labute approximate surface area is 193 Å². The van der Waals surface area contributed by atoms with Crippen LogP contribution in [0.1, 0.15) is 26.3 Å². The highest BCUT2D eigenvalue weighted by molar-refractivity contribution is 5.70. The molecule has 0 spiro atoms. The van der Waals surface area contributed by atoms with Crippen molar-refractivity contribution < 1.29 is 23.7 Å². The quantitative estimate of drug-likeness (QED) is 0.593. The van der Waals surface area contributed by atoms with Gasteiger partial charge in [-0.05, 0) is 32.9 Å². The molecule has 33 heavy (non-hydrogen) atoms. The molecule has 1 aliphatic rings. The first-order valence-corrected chi connectivity index (χ1v) is 10.8. The van der Waals surface area contributed by atoms with Gasteiger partial charge in [0.1, 0.15) is 29.3 Å². The number of hydrogen-bond donors (Lipinski definition) is 1. The second-order valence-electron chi connectivity index (χ2n) is 8.58. The van der Waals surface area contributed by atoms with E-state index >= 15 is 0 Å². The smallest absolute Gasteiger partial charge is 0.326 e. The van der Waals surface area contributed by atoms with Crippen molar-refractivity contribution in [3.05, 3.63) is 40.3 Å². The first-order valence-electron chi connectivity index (χ1n) is 10.8. The molecule has 180 valence electrons. The molecule has 1 fully saturated rings. The lowest BCUT2D eigenvalue weighted by molar-refractivity contribution is -0.155. The molecule has 10 nitrogen and oxygen atoms in total. The van der Waals surface area contributed by atoms with Gasteiger partial charge in [-0.1, -0.05) is 0 Å². The van der Waals surface area contributed by atoms with Crippen LogP contribution in [0.25, 0.3) is 0 Å². The van der Waals surface area contributed by atoms with Crippen LogP contribution in [0.4, 0.5) is 11.6 Å². The second-order valence-corrected chi connectivity index (χ2v) is 8.58. The number of esters is 1. The fourth-order valence-corrected chi connectivity index (χ4v) is 3.45. The molecule has 0 bridgehead atoms. The molecule has 0 aliphatic carbocycles. The maximum Gasteiger partial charge on any atom is 0.326 e. The number of carbonyl (C=O) groups excluding carboxylic acids is 1. The third kappa shape index (κ3) is 6.38. The van der Waals surface area contributed by atoms with E-state index in [9.17, 15) is 9.59 Å². The van der Waals surface area contributed by atoms with Crippen molar-refractivity contribution >= 4 is 17.6 Å². The van der Waals surface area contributed by atoms with Gasteiger partial charge in [0, 0.05) is 31.3 Å². The number of aromatic nitrogens is 2. The molecule has 0 amide bonds. The number of ether oxygens (including phenoxy) is 4. The highest BCUT2D eigenvalue weighted by atomic mass is 16.6. The molecule has 2 heterocycles. The maximum absolute atomic E-state index is 13.4. The fraction of sp³-hybridized carbons (Fsp3) is 0.522. The van der Waals surface area contributed by atoms with Crippen LogP contribution in [-0.2, 0) is 27.4 Å².